The summed E-state index contributed by atoms with van der Waals surface area (Å²) in [7, 11) is 0. The topological polar surface area (TPSA) is 41.3 Å². The summed E-state index contributed by atoms with van der Waals surface area (Å²) in [6, 6.07) is 8.18. The lowest BCUT2D eigenvalue weighted by Gasteiger charge is -2.20. The lowest BCUT2D eigenvalue weighted by Crippen LogP contribution is -2.28. The van der Waals surface area contributed by atoms with Crippen LogP contribution in [-0.2, 0) is 13.0 Å². The number of benzene rings is 1. The summed E-state index contributed by atoms with van der Waals surface area (Å²) in [5.74, 6) is 0.991. The number of aryl methyl sites for hydroxylation is 1. The number of nitrogens with zero attached hydrogens (tertiary/aromatic N) is 3. The van der Waals surface area contributed by atoms with Gasteiger partial charge in [0, 0.05) is 19.5 Å². The molecule has 1 aromatic carbocycles. The van der Waals surface area contributed by atoms with E-state index < -0.39 is 0 Å². The molecule has 0 saturated heterocycles. The van der Waals surface area contributed by atoms with Crippen LogP contribution in [0.3, 0.4) is 0 Å². The number of aromatic nitrogens is 2. The molecule has 0 radical (unpaired) electrons. The van der Waals surface area contributed by atoms with Crippen molar-refractivity contribution >= 4 is 11.0 Å². The maximum absolute atomic E-state index is 10.3. The Labute approximate surface area is 127 Å². The monoisotopic (exact) mass is 289 g/mol. The van der Waals surface area contributed by atoms with Crippen LogP contribution in [0, 0.1) is 0 Å². The van der Waals surface area contributed by atoms with E-state index in [1.807, 2.05) is 18.2 Å². The average Bonchev–Trinajstić information content (AvgIpc) is 2.85. The SMILES string of the molecule is CCN(CC)CCC(O)Cc1nc2ccccc2n1CC. The van der Waals surface area contributed by atoms with Gasteiger partial charge in [0.15, 0.2) is 0 Å². The smallest absolute Gasteiger partial charge is 0.112 e. The second-order valence-electron chi connectivity index (χ2n) is 5.43. The highest BCUT2D eigenvalue weighted by molar-refractivity contribution is 5.75. The van der Waals surface area contributed by atoms with E-state index in [-0.39, 0.29) is 6.10 Å². The lowest BCUT2D eigenvalue weighted by atomic mass is 10.1. The van der Waals surface area contributed by atoms with Crippen LogP contribution in [0.15, 0.2) is 24.3 Å². The van der Waals surface area contributed by atoms with Crippen molar-refractivity contribution in [3.63, 3.8) is 0 Å². The second kappa shape index (κ2) is 7.57. The van der Waals surface area contributed by atoms with Crippen LogP contribution < -0.4 is 0 Å². The summed E-state index contributed by atoms with van der Waals surface area (Å²) >= 11 is 0. The van der Waals surface area contributed by atoms with Crippen molar-refractivity contribution in [1.82, 2.24) is 14.5 Å². The van der Waals surface area contributed by atoms with E-state index in [2.05, 4.69) is 41.3 Å². The third-order valence-electron chi connectivity index (χ3n) is 4.14. The zero-order valence-electron chi connectivity index (χ0n) is 13.4. The molecule has 4 heteroatoms. The van der Waals surface area contributed by atoms with Gasteiger partial charge in [-0.1, -0.05) is 26.0 Å². The van der Waals surface area contributed by atoms with Gasteiger partial charge in [0.05, 0.1) is 17.1 Å². The van der Waals surface area contributed by atoms with E-state index in [4.69, 9.17) is 0 Å². The molecule has 2 aromatic rings. The van der Waals surface area contributed by atoms with Gasteiger partial charge in [-0.25, -0.2) is 4.98 Å². The van der Waals surface area contributed by atoms with Crippen molar-refractivity contribution in [3.8, 4) is 0 Å². The molecule has 1 heterocycles. The van der Waals surface area contributed by atoms with Gasteiger partial charge in [0.25, 0.3) is 0 Å². The minimum absolute atomic E-state index is 0.326. The summed E-state index contributed by atoms with van der Waals surface area (Å²) in [4.78, 5) is 7.02. The summed E-state index contributed by atoms with van der Waals surface area (Å²) < 4.78 is 2.20. The normalized spacial score (nSPS) is 13.2. The van der Waals surface area contributed by atoms with Crippen LogP contribution in [0.5, 0.6) is 0 Å². The van der Waals surface area contributed by atoms with Crippen molar-refractivity contribution < 1.29 is 5.11 Å². The average molecular weight is 289 g/mol. The highest BCUT2D eigenvalue weighted by Crippen LogP contribution is 2.17. The predicted molar refractivity (Wildman–Crippen MR) is 87.5 cm³/mol. The number of aliphatic hydroxyl groups excluding tert-OH is 1. The molecule has 0 amide bonds. The van der Waals surface area contributed by atoms with Crippen LogP contribution in [0.25, 0.3) is 11.0 Å². The number of hydrogen-bond acceptors (Lipinski definition) is 3. The Kier molecular flexibility index (Phi) is 5.76. The number of rotatable bonds is 8. The van der Waals surface area contributed by atoms with Crippen LogP contribution >= 0.6 is 0 Å². The lowest BCUT2D eigenvalue weighted by molar-refractivity contribution is 0.141. The van der Waals surface area contributed by atoms with E-state index in [1.54, 1.807) is 0 Å². The molecule has 4 nitrogen and oxygen atoms in total. The van der Waals surface area contributed by atoms with Crippen molar-refractivity contribution in [2.24, 2.45) is 0 Å². The maximum atomic E-state index is 10.3. The summed E-state index contributed by atoms with van der Waals surface area (Å²) in [6.45, 7) is 10.4. The molecule has 1 atom stereocenters. The molecular formula is C17H27N3O. The van der Waals surface area contributed by atoms with E-state index in [1.165, 1.54) is 0 Å². The third-order valence-corrected chi connectivity index (χ3v) is 4.14. The molecule has 2 rings (SSSR count). The molecule has 0 spiro atoms. The second-order valence-corrected chi connectivity index (χ2v) is 5.43. The Bertz CT molecular complexity index is 560. The standard InChI is InChI=1S/C17H27N3O/c1-4-19(5-2)12-11-14(21)13-17-18-15-9-7-8-10-16(15)20(17)6-3/h7-10,14,21H,4-6,11-13H2,1-3H3. The van der Waals surface area contributed by atoms with Gasteiger partial charge in [0.2, 0.25) is 0 Å². The van der Waals surface area contributed by atoms with Crippen LogP contribution in [-0.4, -0.2) is 45.3 Å². The minimum Gasteiger partial charge on any atom is -0.393 e. The largest absolute Gasteiger partial charge is 0.393 e. The van der Waals surface area contributed by atoms with Crippen LogP contribution in [0.2, 0.25) is 0 Å². The molecule has 1 aromatic heterocycles. The summed E-state index contributed by atoms with van der Waals surface area (Å²) in [5.41, 5.74) is 2.18. The Morgan fingerprint density at radius 1 is 1.19 bits per heavy atom. The van der Waals surface area contributed by atoms with Gasteiger partial charge in [-0.05, 0) is 38.6 Å². The highest BCUT2D eigenvalue weighted by Gasteiger charge is 2.14. The molecule has 0 aliphatic rings. The molecule has 0 saturated carbocycles. The van der Waals surface area contributed by atoms with E-state index in [0.29, 0.717) is 6.42 Å². The van der Waals surface area contributed by atoms with Gasteiger partial charge in [-0.3, -0.25) is 0 Å². The molecule has 0 fully saturated rings. The predicted octanol–water partition coefficient (Wildman–Crippen LogP) is 2.69. The first kappa shape index (κ1) is 16.0. The fourth-order valence-corrected chi connectivity index (χ4v) is 2.82. The molecule has 21 heavy (non-hydrogen) atoms. The molecule has 116 valence electrons. The van der Waals surface area contributed by atoms with Gasteiger partial charge in [-0.15, -0.1) is 0 Å². The van der Waals surface area contributed by atoms with E-state index in [0.717, 1.165) is 49.5 Å². The fourth-order valence-electron chi connectivity index (χ4n) is 2.82. The number of para-hydroxylation sites is 2. The van der Waals surface area contributed by atoms with Crippen LogP contribution in [0.4, 0.5) is 0 Å². The van der Waals surface area contributed by atoms with Crippen LogP contribution in [0.1, 0.15) is 33.0 Å². The zero-order chi connectivity index (χ0) is 15.2. The minimum atomic E-state index is -0.326. The van der Waals surface area contributed by atoms with Crippen molar-refractivity contribution in [2.45, 2.75) is 46.3 Å². The molecule has 1 N–H and O–H groups in total. The molecule has 1 unspecified atom stereocenters. The quantitative estimate of drug-likeness (QED) is 0.812. The van der Waals surface area contributed by atoms with Gasteiger partial charge in [0.1, 0.15) is 5.82 Å². The van der Waals surface area contributed by atoms with E-state index >= 15 is 0 Å². The van der Waals surface area contributed by atoms with E-state index in [9.17, 15) is 5.11 Å². The fraction of sp³-hybridized carbons (Fsp3) is 0.588. The Morgan fingerprint density at radius 3 is 2.57 bits per heavy atom. The Balaban J connectivity index is 2.05. The summed E-state index contributed by atoms with van der Waals surface area (Å²) in [6.07, 6.45) is 1.10. The number of imidazole rings is 1. The Hall–Kier alpha value is -1.39. The third kappa shape index (κ3) is 3.83. The van der Waals surface area contributed by atoms with Crippen molar-refractivity contribution in [1.29, 1.82) is 0 Å². The first-order valence-corrected chi connectivity index (χ1v) is 8.04. The first-order valence-electron chi connectivity index (χ1n) is 8.04. The number of aliphatic hydroxyl groups is 1. The summed E-state index contributed by atoms with van der Waals surface area (Å²) in [5, 5.41) is 10.3. The van der Waals surface area contributed by atoms with Crippen molar-refractivity contribution in [3.05, 3.63) is 30.1 Å². The number of hydrogen-bond donors (Lipinski definition) is 1. The first-order chi connectivity index (χ1) is 10.2. The molecular weight excluding hydrogens is 262 g/mol. The highest BCUT2D eigenvalue weighted by atomic mass is 16.3. The number of fused-ring (bicyclic) bond motifs is 1. The van der Waals surface area contributed by atoms with Crippen molar-refractivity contribution in [2.75, 3.05) is 19.6 Å². The Morgan fingerprint density at radius 2 is 1.90 bits per heavy atom. The molecule has 0 bridgehead atoms. The molecule has 0 aliphatic carbocycles. The van der Waals surface area contributed by atoms with Gasteiger partial charge < -0.3 is 14.6 Å². The van der Waals surface area contributed by atoms with Gasteiger partial charge in [-0.2, -0.15) is 0 Å². The van der Waals surface area contributed by atoms with Gasteiger partial charge >= 0.3 is 0 Å². The molecule has 0 aliphatic heterocycles. The maximum Gasteiger partial charge on any atom is 0.112 e. The zero-order valence-corrected chi connectivity index (χ0v) is 13.4.